The van der Waals surface area contributed by atoms with E-state index in [9.17, 15) is 0 Å². The van der Waals surface area contributed by atoms with Crippen LogP contribution >= 0.6 is 11.3 Å². The van der Waals surface area contributed by atoms with Gasteiger partial charge in [-0.3, -0.25) is 0 Å². The third-order valence-corrected chi connectivity index (χ3v) is 5.62. The third kappa shape index (κ3) is 1.96. The molecule has 0 aromatic carbocycles. The van der Waals surface area contributed by atoms with Gasteiger partial charge in [0.05, 0.1) is 0 Å². The second kappa shape index (κ2) is 2.82. The Morgan fingerprint density at radius 2 is 2.10 bits per heavy atom. The third-order valence-electron chi connectivity index (χ3n) is 1.26. The van der Waals surface area contributed by atoms with E-state index in [1.165, 1.54) is 9.00 Å². The van der Waals surface area contributed by atoms with Crippen LogP contribution in [0.1, 0.15) is 0 Å². The summed E-state index contributed by atoms with van der Waals surface area (Å²) in [5.41, 5.74) is 0. The van der Waals surface area contributed by atoms with Crippen molar-refractivity contribution in [2.45, 2.75) is 19.6 Å². The molecule has 0 spiro atoms. The molecule has 1 aromatic heterocycles. The van der Waals surface area contributed by atoms with Gasteiger partial charge in [0.1, 0.15) is 0 Å². The van der Waals surface area contributed by atoms with Gasteiger partial charge in [-0.25, -0.2) is 0 Å². The number of nitrogens with zero attached hydrogens (tertiary/aromatic N) is 1. The van der Waals surface area contributed by atoms with Crippen LogP contribution in [-0.4, -0.2) is 30.8 Å². The van der Waals surface area contributed by atoms with Crippen molar-refractivity contribution >= 4 is 46.1 Å². The van der Waals surface area contributed by atoms with Crippen LogP contribution < -0.4 is 9.00 Å². The molecule has 0 N–H and O–H groups in total. The number of hydrogen-bond donors (Lipinski definition) is 0. The van der Waals surface area contributed by atoms with Crippen LogP contribution in [0, 0.1) is 0 Å². The molecule has 0 saturated carbocycles. The quantitative estimate of drug-likeness (QED) is 0.549. The first-order valence-electron chi connectivity index (χ1n) is 3.43. The molecule has 0 bridgehead atoms. The molecule has 0 atom stereocenters. The first kappa shape index (κ1) is 8.54. The normalized spacial score (nSPS) is 12.1. The van der Waals surface area contributed by atoms with Crippen molar-refractivity contribution in [2.24, 2.45) is 0 Å². The minimum atomic E-state index is -1.11. The van der Waals surface area contributed by atoms with E-state index >= 15 is 0 Å². The zero-order chi connectivity index (χ0) is 7.78. The van der Waals surface area contributed by atoms with Crippen molar-refractivity contribution in [1.29, 1.82) is 0 Å². The zero-order valence-corrected chi connectivity index (χ0v) is 8.75. The van der Waals surface area contributed by atoms with Gasteiger partial charge in [-0.05, 0) is 0 Å². The first-order chi connectivity index (χ1) is 4.50. The van der Waals surface area contributed by atoms with Crippen molar-refractivity contribution in [1.82, 2.24) is 4.98 Å². The van der Waals surface area contributed by atoms with Gasteiger partial charge >= 0.3 is 76.1 Å². The summed E-state index contributed by atoms with van der Waals surface area (Å²) in [4.78, 5) is 4.46. The molecule has 0 radical (unpaired) electrons. The van der Waals surface area contributed by atoms with Crippen LogP contribution in [0.4, 0.5) is 0 Å². The van der Waals surface area contributed by atoms with Gasteiger partial charge in [0.15, 0.2) is 0 Å². The summed E-state index contributed by atoms with van der Waals surface area (Å²) in [6.45, 7) is 6.97. The summed E-state index contributed by atoms with van der Waals surface area (Å²) in [5.74, 6) is 0. The topological polar surface area (TPSA) is 12.9 Å². The van der Waals surface area contributed by atoms with Gasteiger partial charge in [-0.2, -0.15) is 0 Å². The maximum absolute atomic E-state index is 4.46. The molecule has 0 aliphatic rings. The number of rotatable bonds is 1. The van der Waals surface area contributed by atoms with Crippen molar-refractivity contribution in [3.8, 4) is 0 Å². The molecule has 1 rings (SSSR count). The van der Waals surface area contributed by atoms with Crippen LogP contribution in [0.25, 0.3) is 0 Å². The van der Waals surface area contributed by atoms with E-state index < -0.39 is 8.07 Å². The second-order valence-corrected chi connectivity index (χ2v) is 9.74. The summed E-state index contributed by atoms with van der Waals surface area (Å²) < 4.78 is 2.53. The minimum absolute atomic E-state index is 1.11. The summed E-state index contributed by atoms with van der Waals surface area (Å²) in [5, 5.41) is 2.13. The summed E-state index contributed by atoms with van der Waals surface area (Å²) >= 11 is 3.86. The summed E-state index contributed by atoms with van der Waals surface area (Å²) in [7, 11) is -1.11. The molecule has 0 amide bonds. The number of aromatic nitrogens is 1. The monoisotopic (exact) mass is 163 g/mol. The van der Waals surface area contributed by atoms with E-state index in [0.29, 0.717) is 0 Å². The van der Waals surface area contributed by atoms with Crippen molar-refractivity contribution in [2.75, 3.05) is 0 Å². The van der Waals surface area contributed by atoms with E-state index in [2.05, 4.69) is 47.7 Å². The van der Waals surface area contributed by atoms with Gasteiger partial charge in [0, 0.05) is 0 Å². The number of thiazole rings is 1. The Labute approximate surface area is 76.1 Å². The Balaban J connectivity index is 2.96. The predicted molar refractivity (Wildman–Crippen MR) is 50.5 cm³/mol. The molecule has 0 unspecified atom stereocenters. The van der Waals surface area contributed by atoms with Crippen LogP contribution in [0.2, 0.25) is 19.6 Å². The van der Waals surface area contributed by atoms with Gasteiger partial charge in [0.25, 0.3) is 0 Å². The van der Waals surface area contributed by atoms with Gasteiger partial charge in [-0.15, -0.1) is 0 Å². The van der Waals surface area contributed by atoms with E-state index in [-0.39, 0.29) is 0 Å². The van der Waals surface area contributed by atoms with Gasteiger partial charge in [0.2, 0.25) is 0 Å². The Kier molecular flexibility index (Phi) is 2.41. The molecule has 0 aliphatic carbocycles. The van der Waals surface area contributed by atoms with Gasteiger partial charge in [-0.1, -0.05) is 0 Å². The standard InChI is InChI=1S/C6H10NSSi.Li/c1-9(2,3)6-7-4-5-8-6;/h5H,1-3H3;. The number of hydrogen-bond acceptors (Lipinski definition) is 2. The molecule has 0 aliphatic heterocycles. The zero-order valence-electron chi connectivity index (χ0n) is 6.93. The Hall–Kier alpha value is 0.444. The molecule has 50 valence electrons. The van der Waals surface area contributed by atoms with Crippen LogP contribution in [0.15, 0.2) is 5.38 Å². The fraction of sp³-hybridized carbons (Fsp3) is 0.500. The second-order valence-electron chi connectivity index (χ2n) is 3.54. The average Bonchev–Trinajstić information content (AvgIpc) is 2.11. The van der Waals surface area contributed by atoms with Crippen molar-refractivity contribution < 1.29 is 0 Å². The Morgan fingerprint density at radius 1 is 1.50 bits per heavy atom. The molecule has 1 nitrogen and oxygen atoms in total. The molecule has 0 fully saturated rings. The van der Waals surface area contributed by atoms with Crippen LogP contribution in [-0.2, 0) is 0 Å². The molecule has 0 saturated heterocycles. The first-order valence-corrected chi connectivity index (χ1v) is 7.81. The van der Waals surface area contributed by atoms with Gasteiger partial charge < -0.3 is 0 Å². The van der Waals surface area contributed by atoms with Crippen molar-refractivity contribution in [3.05, 3.63) is 5.38 Å². The van der Waals surface area contributed by atoms with Crippen LogP contribution in [0.5, 0.6) is 0 Å². The predicted octanol–water partition coefficient (Wildman–Crippen LogP) is 0.482. The van der Waals surface area contributed by atoms with E-state index in [4.69, 9.17) is 0 Å². The van der Waals surface area contributed by atoms with E-state index in [1.54, 1.807) is 0 Å². The van der Waals surface area contributed by atoms with E-state index in [0.717, 1.165) is 0 Å². The Morgan fingerprint density at radius 3 is 2.30 bits per heavy atom. The fourth-order valence-electron chi connectivity index (χ4n) is 0.698. The van der Waals surface area contributed by atoms with E-state index in [1.807, 2.05) is 11.3 Å². The summed E-state index contributed by atoms with van der Waals surface area (Å²) in [6, 6.07) is 0. The molecule has 4 heteroatoms. The molecule has 10 heavy (non-hydrogen) atoms. The SMILES string of the molecule is [Li][c]1csc([Si](C)(C)C)n1. The van der Waals surface area contributed by atoms with Crippen LogP contribution in [0.3, 0.4) is 0 Å². The van der Waals surface area contributed by atoms with Crippen molar-refractivity contribution in [3.63, 3.8) is 0 Å². The molecular weight excluding hydrogens is 153 g/mol. The molecular formula is C6H10LiNSSi. The summed E-state index contributed by atoms with van der Waals surface area (Å²) in [6.07, 6.45) is 0. The Bertz CT molecular complexity index is 228. The maximum atomic E-state index is 4.46. The average molecular weight is 163 g/mol. The fourth-order valence-corrected chi connectivity index (χ4v) is 3.33. The molecule has 1 aromatic rings. The molecule has 1 heterocycles.